The van der Waals surface area contributed by atoms with E-state index in [1.54, 1.807) is 7.11 Å². The zero-order chi connectivity index (χ0) is 20.0. The maximum Gasteiger partial charge on any atom is 0.223 e. The van der Waals surface area contributed by atoms with E-state index in [-0.39, 0.29) is 35.4 Å². The molecule has 3 unspecified atom stereocenters. The summed E-state index contributed by atoms with van der Waals surface area (Å²) < 4.78 is 5.54. The number of nitrogens with one attached hydrogen (secondary N) is 1. The Balaban J connectivity index is 2.02. The Hall–Kier alpha value is -1.43. The third-order valence-electron chi connectivity index (χ3n) is 5.46. The molecule has 0 radical (unpaired) electrons. The zero-order valence-electron chi connectivity index (χ0n) is 17.2. The summed E-state index contributed by atoms with van der Waals surface area (Å²) in [7, 11) is 1.72. The van der Waals surface area contributed by atoms with Gasteiger partial charge in [0.15, 0.2) is 0 Å². The number of amides is 1. The van der Waals surface area contributed by atoms with Gasteiger partial charge in [0.1, 0.15) is 0 Å². The third-order valence-corrected chi connectivity index (χ3v) is 5.46. The van der Waals surface area contributed by atoms with Crippen LogP contribution in [0.1, 0.15) is 52.0 Å². The van der Waals surface area contributed by atoms with E-state index < -0.39 is 6.10 Å². The van der Waals surface area contributed by atoms with Gasteiger partial charge >= 0.3 is 0 Å². The molecule has 0 heterocycles. The monoisotopic (exact) mass is 376 g/mol. The molecule has 1 amide bonds. The van der Waals surface area contributed by atoms with E-state index in [1.807, 2.05) is 51.1 Å². The SMILES string of the molecule is COC1CCC(C(=O)NC(C)(C)C)C(C[C@@H](O)[C@@H](N)Cc2ccccc2)C1. The van der Waals surface area contributed by atoms with Crippen molar-refractivity contribution >= 4 is 5.91 Å². The number of methoxy groups -OCH3 is 1. The van der Waals surface area contributed by atoms with Crippen LogP contribution in [0.3, 0.4) is 0 Å². The van der Waals surface area contributed by atoms with Gasteiger partial charge in [-0.25, -0.2) is 0 Å². The maximum absolute atomic E-state index is 12.8. The van der Waals surface area contributed by atoms with E-state index in [1.165, 1.54) is 0 Å². The number of hydrogen-bond acceptors (Lipinski definition) is 4. The van der Waals surface area contributed by atoms with Crippen molar-refractivity contribution in [2.24, 2.45) is 17.6 Å². The van der Waals surface area contributed by atoms with E-state index in [4.69, 9.17) is 10.5 Å². The number of nitrogens with two attached hydrogens (primary N) is 1. The molecular formula is C22H36N2O3. The maximum atomic E-state index is 12.8. The molecule has 1 aliphatic rings. The fourth-order valence-corrected chi connectivity index (χ4v) is 4.01. The van der Waals surface area contributed by atoms with Crippen LogP contribution in [0.25, 0.3) is 0 Å². The predicted octanol–water partition coefficient (Wildman–Crippen LogP) is 2.65. The summed E-state index contributed by atoms with van der Waals surface area (Å²) in [5.41, 5.74) is 7.13. The van der Waals surface area contributed by atoms with Crippen molar-refractivity contribution < 1.29 is 14.6 Å². The van der Waals surface area contributed by atoms with Gasteiger partial charge in [0.2, 0.25) is 5.91 Å². The molecule has 5 heteroatoms. The largest absolute Gasteiger partial charge is 0.391 e. The highest BCUT2D eigenvalue weighted by atomic mass is 16.5. The molecule has 1 aromatic carbocycles. The smallest absolute Gasteiger partial charge is 0.223 e. The number of benzene rings is 1. The highest BCUT2D eigenvalue weighted by Crippen LogP contribution is 2.35. The van der Waals surface area contributed by atoms with Crippen molar-refractivity contribution in [3.63, 3.8) is 0 Å². The lowest BCUT2D eigenvalue weighted by Crippen LogP contribution is -2.48. The molecule has 5 nitrogen and oxygen atoms in total. The Morgan fingerprint density at radius 2 is 1.96 bits per heavy atom. The van der Waals surface area contributed by atoms with Gasteiger partial charge in [-0.05, 0) is 64.4 Å². The summed E-state index contributed by atoms with van der Waals surface area (Å²) in [5.74, 6) is 0.0444. The molecule has 0 aromatic heterocycles. The van der Waals surface area contributed by atoms with E-state index in [0.717, 1.165) is 24.8 Å². The van der Waals surface area contributed by atoms with Crippen LogP contribution in [-0.2, 0) is 16.0 Å². The minimum atomic E-state index is -0.643. The molecule has 0 saturated heterocycles. The summed E-state index contributed by atoms with van der Waals surface area (Å²) in [6, 6.07) is 9.62. The van der Waals surface area contributed by atoms with Crippen LogP contribution in [0.4, 0.5) is 0 Å². The van der Waals surface area contributed by atoms with Crippen molar-refractivity contribution in [2.75, 3.05) is 7.11 Å². The Bertz CT molecular complexity index is 585. The van der Waals surface area contributed by atoms with Gasteiger partial charge in [0.05, 0.1) is 12.2 Å². The summed E-state index contributed by atoms with van der Waals surface area (Å²) in [4.78, 5) is 12.8. The first-order valence-corrected chi connectivity index (χ1v) is 10.0. The minimum Gasteiger partial charge on any atom is -0.391 e. The number of carbonyl (C=O) groups excluding carboxylic acids is 1. The topological polar surface area (TPSA) is 84.6 Å². The highest BCUT2D eigenvalue weighted by Gasteiger charge is 2.37. The highest BCUT2D eigenvalue weighted by molar-refractivity contribution is 5.79. The molecule has 2 rings (SSSR count). The Morgan fingerprint density at radius 1 is 1.30 bits per heavy atom. The molecule has 0 spiro atoms. The standard InChI is InChI=1S/C22H36N2O3/c1-22(2,3)24-21(26)18-11-10-17(27-4)13-16(18)14-20(25)19(23)12-15-8-6-5-7-9-15/h5-9,16-20,25H,10-14,23H2,1-4H3,(H,24,26)/t16?,17?,18?,19-,20+/m0/s1. The first kappa shape index (κ1) is 21.9. The Labute approximate surface area is 163 Å². The second-order valence-electron chi connectivity index (χ2n) is 8.93. The van der Waals surface area contributed by atoms with E-state index in [9.17, 15) is 9.90 Å². The van der Waals surface area contributed by atoms with Crippen LogP contribution in [0.2, 0.25) is 0 Å². The predicted molar refractivity (Wildman–Crippen MR) is 108 cm³/mol. The van der Waals surface area contributed by atoms with Crippen LogP contribution in [0.15, 0.2) is 30.3 Å². The molecule has 1 saturated carbocycles. The van der Waals surface area contributed by atoms with Gasteiger partial charge in [-0.2, -0.15) is 0 Å². The number of ether oxygens (including phenoxy) is 1. The molecule has 1 aliphatic carbocycles. The molecule has 1 fully saturated rings. The number of aliphatic hydroxyl groups excluding tert-OH is 1. The molecule has 27 heavy (non-hydrogen) atoms. The van der Waals surface area contributed by atoms with Crippen LogP contribution in [-0.4, -0.2) is 41.9 Å². The van der Waals surface area contributed by atoms with E-state index >= 15 is 0 Å². The zero-order valence-corrected chi connectivity index (χ0v) is 17.2. The second kappa shape index (κ2) is 9.67. The number of hydrogen-bond donors (Lipinski definition) is 3. The molecule has 0 bridgehead atoms. The minimum absolute atomic E-state index is 0.0721. The van der Waals surface area contributed by atoms with Crippen molar-refractivity contribution in [3.8, 4) is 0 Å². The number of aliphatic hydroxyl groups is 1. The second-order valence-corrected chi connectivity index (χ2v) is 8.93. The van der Waals surface area contributed by atoms with Crippen molar-refractivity contribution in [1.29, 1.82) is 0 Å². The number of carbonyl (C=O) groups is 1. The molecule has 5 atom stereocenters. The fraction of sp³-hybridized carbons (Fsp3) is 0.682. The van der Waals surface area contributed by atoms with Crippen molar-refractivity contribution in [1.82, 2.24) is 5.32 Å². The van der Waals surface area contributed by atoms with Crippen LogP contribution >= 0.6 is 0 Å². The van der Waals surface area contributed by atoms with Gasteiger partial charge in [-0.15, -0.1) is 0 Å². The quantitative estimate of drug-likeness (QED) is 0.683. The summed E-state index contributed by atoms with van der Waals surface area (Å²) in [6.07, 6.45) is 3.10. The van der Waals surface area contributed by atoms with Crippen LogP contribution in [0, 0.1) is 11.8 Å². The van der Waals surface area contributed by atoms with Gasteiger partial charge in [-0.1, -0.05) is 30.3 Å². The van der Waals surface area contributed by atoms with Crippen LogP contribution in [0.5, 0.6) is 0 Å². The molecule has 4 N–H and O–H groups in total. The van der Waals surface area contributed by atoms with Crippen molar-refractivity contribution in [2.45, 2.75) is 76.7 Å². The van der Waals surface area contributed by atoms with Crippen LogP contribution < -0.4 is 11.1 Å². The third kappa shape index (κ3) is 6.91. The molecular weight excluding hydrogens is 340 g/mol. The lowest BCUT2D eigenvalue weighted by molar-refractivity contribution is -0.131. The normalized spacial score (nSPS) is 25.6. The Kier molecular flexibility index (Phi) is 7.83. The molecule has 0 aliphatic heterocycles. The average molecular weight is 377 g/mol. The van der Waals surface area contributed by atoms with Gasteiger partial charge in [0.25, 0.3) is 0 Å². The first-order valence-electron chi connectivity index (χ1n) is 10.0. The van der Waals surface area contributed by atoms with Crippen molar-refractivity contribution in [3.05, 3.63) is 35.9 Å². The summed E-state index contributed by atoms with van der Waals surface area (Å²) in [6.45, 7) is 5.97. The van der Waals surface area contributed by atoms with E-state index in [2.05, 4.69) is 5.32 Å². The lowest BCUT2D eigenvalue weighted by Gasteiger charge is -2.38. The summed E-state index contributed by atoms with van der Waals surface area (Å²) >= 11 is 0. The molecule has 152 valence electrons. The molecule has 1 aromatic rings. The van der Waals surface area contributed by atoms with Gasteiger partial charge in [-0.3, -0.25) is 4.79 Å². The van der Waals surface area contributed by atoms with Gasteiger partial charge < -0.3 is 20.9 Å². The fourth-order valence-electron chi connectivity index (χ4n) is 4.01. The lowest BCUT2D eigenvalue weighted by atomic mass is 9.73. The number of rotatable bonds is 7. The van der Waals surface area contributed by atoms with Gasteiger partial charge in [0, 0.05) is 24.6 Å². The van der Waals surface area contributed by atoms with E-state index in [0.29, 0.717) is 12.8 Å². The summed E-state index contributed by atoms with van der Waals surface area (Å²) in [5, 5.41) is 13.8. The Morgan fingerprint density at radius 3 is 2.56 bits per heavy atom. The average Bonchev–Trinajstić information content (AvgIpc) is 2.60. The first-order chi connectivity index (χ1) is 12.7.